The van der Waals surface area contributed by atoms with E-state index in [4.69, 9.17) is 4.43 Å². The van der Waals surface area contributed by atoms with Crippen molar-refractivity contribution in [1.82, 2.24) is 0 Å². The fraction of sp³-hybridized carbons (Fsp3) is 0.875. The Labute approximate surface area is 114 Å². The molecule has 0 aliphatic heterocycles. The van der Waals surface area contributed by atoms with Gasteiger partial charge in [-0.15, -0.1) is 0 Å². The topological polar surface area (TPSA) is 9.23 Å². The van der Waals surface area contributed by atoms with Crippen molar-refractivity contribution in [2.75, 3.05) is 6.61 Å². The highest BCUT2D eigenvalue weighted by Gasteiger charge is 2.42. The summed E-state index contributed by atoms with van der Waals surface area (Å²) in [6.07, 6.45) is 6.49. The maximum absolute atomic E-state index is 6.39. The summed E-state index contributed by atoms with van der Waals surface area (Å²) in [6.45, 7) is 12.5. The summed E-state index contributed by atoms with van der Waals surface area (Å²) in [5.41, 5.74) is 0.220. The molecule has 2 rings (SSSR count). The SMILES string of the molecule is CC(C)(C)[Si](C)(C)OCC1(C#CC2CC2)CCC1. The fourth-order valence-corrected chi connectivity index (χ4v) is 3.00. The summed E-state index contributed by atoms with van der Waals surface area (Å²) in [6, 6.07) is 0. The molecule has 0 saturated heterocycles. The minimum Gasteiger partial charge on any atom is -0.415 e. The fourth-order valence-electron chi connectivity index (χ4n) is 1.93. The Hall–Kier alpha value is -0.263. The lowest BCUT2D eigenvalue weighted by molar-refractivity contribution is 0.107. The molecule has 0 spiro atoms. The van der Waals surface area contributed by atoms with Crippen LogP contribution in [-0.2, 0) is 4.43 Å². The van der Waals surface area contributed by atoms with Gasteiger partial charge in [0.05, 0.1) is 12.0 Å². The Morgan fingerprint density at radius 1 is 1.22 bits per heavy atom. The van der Waals surface area contributed by atoms with Crippen molar-refractivity contribution < 1.29 is 4.43 Å². The average Bonchev–Trinajstić information content (AvgIpc) is 2.97. The van der Waals surface area contributed by atoms with Gasteiger partial charge in [0.2, 0.25) is 0 Å². The maximum Gasteiger partial charge on any atom is 0.192 e. The standard InChI is InChI=1S/C16H28OSi/c1-15(2,3)18(4,5)17-13-16(10-6-11-16)12-9-14-7-8-14/h14H,6-8,10-11,13H2,1-5H3. The van der Waals surface area contributed by atoms with Gasteiger partial charge in [0.1, 0.15) is 0 Å². The highest BCUT2D eigenvalue weighted by Crippen LogP contribution is 2.44. The van der Waals surface area contributed by atoms with Crippen LogP contribution in [0.2, 0.25) is 18.1 Å². The highest BCUT2D eigenvalue weighted by atomic mass is 28.4. The van der Waals surface area contributed by atoms with Gasteiger partial charge in [-0.3, -0.25) is 0 Å². The zero-order valence-corrected chi connectivity index (χ0v) is 13.7. The first-order chi connectivity index (χ1) is 8.24. The minimum absolute atomic E-state index is 0.220. The van der Waals surface area contributed by atoms with Crippen LogP contribution >= 0.6 is 0 Å². The summed E-state index contributed by atoms with van der Waals surface area (Å²) in [4.78, 5) is 0. The maximum atomic E-state index is 6.39. The van der Waals surface area contributed by atoms with E-state index in [0.29, 0.717) is 5.04 Å². The smallest absolute Gasteiger partial charge is 0.192 e. The molecular weight excluding hydrogens is 236 g/mol. The van der Waals surface area contributed by atoms with E-state index < -0.39 is 8.32 Å². The second-order valence-electron chi connectivity index (χ2n) is 7.73. The van der Waals surface area contributed by atoms with Gasteiger partial charge < -0.3 is 4.43 Å². The number of hydrogen-bond acceptors (Lipinski definition) is 1. The molecule has 2 aliphatic carbocycles. The Kier molecular flexibility index (Phi) is 3.69. The molecule has 0 atom stereocenters. The molecule has 2 fully saturated rings. The van der Waals surface area contributed by atoms with Gasteiger partial charge in [0.15, 0.2) is 8.32 Å². The van der Waals surface area contributed by atoms with Crippen LogP contribution in [-0.4, -0.2) is 14.9 Å². The summed E-state index contributed by atoms with van der Waals surface area (Å²) in [5.74, 6) is 7.74. The van der Waals surface area contributed by atoms with Gasteiger partial charge in [-0.25, -0.2) is 0 Å². The van der Waals surface area contributed by atoms with E-state index in [0.717, 1.165) is 12.5 Å². The van der Waals surface area contributed by atoms with Gasteiger partial charge >= 0.3 is 0 Å². The second kappa shape index (κ2) is 4.69. The van der Waals surface area contributed by atoms with Crippen LogP contribution in [0.1, 0.15) is 52.9 Å². The summed E-state index contributed by atoms with van der Waals surface area (Å²) in [7, 11) is -1.61. The molecule has 0 N–H and O–H groups in total. The lowest BCUT2D eigenvalue weighted by Crippen LogP contribution is -2.45. The summed E-state index contributed by atoms with van der Waals surface area (Å²) >= 11 is 0. The third kappa shape index (κ3) is 3.19. The van der Waals surface area contributed by atoms with Crippen LogP contribution in [0.25, 0.3) is 0 Å². The molecule has 0 aromatic carbocycles. The summed E-state index contributed by atoms with van der Waals surface area (Å²) in [5, 5.41) is 0.307. The van der Waals surface area contributed by atoms with Gasteiger partial charge in [-0.05, 0) is 43.8 Å². The van der Waals surface area contributed by atoms with E-state index in [1.165, 1.54) is 32.1 Å². The molecule has 0 unspecified atom stereocenters. The van der Waals surface area contributed by atoms with Crippen molar-refractivity contribution in [3.8, 4) is 11.8 Å². The van der Waals surface area contributed by atoms with Crippen molar-refractivity contribution >= 4 is 8.32 Å². The van der Waals surface area contributed by atoms with Crippen LogP contribution in [0.3, 0.4) is 0 Å². The third-order valence-electron chi connectivity index (χ3n) is 4.94. The van der Waals surface area contributed by atoms with Crippen LogP contribution in [0.5, 0.6) is 0 Å². The van der Waals surface area contributed by atoms with Crippen LogP contribution in [0.4, 0.5) is 0 Å². The quantitative estimate of drug-likeness (QED) is 0.535. The van der Waals surface area contributed by atoms with Gasteiger partial charge in [0.25, 0.3) is 0 Å². The first kappa shape index (κ1) is 14.2. The third-order valence-corrected chi connectivity index (χ3v) is 9.42. The van der Waals surface area contributed by atoms with Gasteiger partial charge in [0, 0.05) is 5.92 Å². The van der Waals surface area contributed by atoms with E-state index in [1.807, 2.05) is 0 Å². The van der Waals surface area contributed by atoms with Gasteiger partial charge in [-0.1, -0.05) is 39.0 Å². The number of hydrogen-bond donors (Lipinski definition) is 0. The molecule has 2 saturated carbocycles. The van der Waals surface area contributed by atoms with Gasteiger partial charge in [-0.2, -0.15) is 0 Å². The van der Waals surface area contributed by atoms with E-state index in [9.17, 15) is 0 Å². The molecule has 0 heterocycles. The number of rotatable bonds is 3. The monoisotopic (exact) mass is 264 g/mol. The highest BCUT2D eigenvalue weighted by molar-refractivity contribution is 6.74. The van der Waals surface area contributed by atoms with Crippen LogP contribution in [0, 0.1) is 23.2 Å². The Bertz CT molecular complexity index is 359. The molecule has 0 amide bonds. The summed E-state index contributed by atoms with van der Waals surface area (Å²) < 4.78 is 6.39. The van der Waals surface area contributed by atoms with Crippen LogP contribution < -0.4 is 0 Å². The zero-order valence-electron chi connectivity index (χ0n) is 12.7. The van der Waals surface area contributed by atoms with Crippen molar-refractivity contribution in [2.24, 2.45) is 11.3 Å². The Morgan fingerprint density at radius 3 is 2.22 bits per heavy atom. The van der Waals surface area contributed by atoms with Crippen molar-refractivity contribution in [3.63, 3.8) is 0 Å². The predicted octanol–water partition coefficient (Wildman–Crippen LogP) is 4.59. The molecule has 0 radical (unpaired) electrons. The second-order valence-corrected chi connectivity index (χ2v) is 12.5. The first-order valence-electron chi connectivity index (χ1n) is 7.41. The minimum atomic E-state index is -1.61. The largest absolute Gasteiger partial charge is 0.415 e. The van der Waals surface area contributed by atoms with E-state index >= 15 is 0 Å². The Morgan fingerprint density at radius 2 is 1.83 bits per heavy atom. The molecule has 0 aromatic rings. The van der Waals surface area contributed by atoms with Crippen molar-refractivity contribution in [1.29, 1.82) is 0 Å². The average molecular weight is 264 g/mol. The van der Waals surface area contributed by atoms with E-state index in [2.05, 4.69) is 45.7 Å². The molecule has 2 heteroatoms. The molecule has 18 heavy (non-hydrogen) atoms. The lowest BCUT2D eigenvalue weighted by atomic mass is 9.70. The molecule has 0 aromatic heterocycles. The molecule has 0 bridgehead atoms. The zero-order chi connectivity index (χ0) is 13.4. The van der Waals surface area contributed by atoms with Crippen LogP contribution in [0.15, 0.2) is 0 Å². The van der Waals surface area contributed by atoms with E-state index in [1.54, 1.807) is 0 Å². The molecule has 2 aliphatic rings. The first-order valence-corrected chi connectivity index (χ1v) is 10.3. The predicted molar refractivity (Wildman–Crippen MR) is 79.9 cm³/mol. The Balaban J connectivity index is 1.93. The normalized spacial score (nSPS) is 22.9. The molecular formula is C16H28OSi. The molecule has 1 nitrogen and oxygen atoms in total. The lowest BCUT2D eigenvalue weighted by Gasteiger charge is -2.43. The molecule has 102 valence electrons. The van der Waals surface area contributed by atoms with E-state index in [-0.39, 0.29) is 5.41 Å². The van der Waals surface area contributed by atoms with Crippen molar-refractivity contribution in [2.45, 2.75) is 71.0 Å². The van der Waals surface area contributed by atoms with Crippen molar-refractivity contribution in [3.05, 3.63) is 0 Å².